The minimum Gasteiger partial charge on any atom is -0.463 e. The Balaban J connectivity index is 2.00. The van der Waals surface area contributed by atoms with Gasteiger partial charge in [0.15, 0.2) is 23.6 Å². The van der Waals surface area contributed by atoms with E-state index in [0.717, 1.165) is 24.3 Å². The molecule has 12 heteroatoms. The maximum absolute atomic E-state index is 13.7. The van der Waals surface area contributed by atoms with Crippen molar-refractivity contribution in [2.75, 3.05) is 12.4 Å². The van der Waals surface area contributed by atoms with Crippen LogP contribution in [0.5, 0.6) is 0 Å². The maximum atomic E-state index is 13.7. The van der Waals surface area contributed by atoms with Crippen molar-refractivity contribution >= 4 is 23.7 Å². The molecule has 0 spiro atoms. The van der Waals surface area contributed by atoms with E-state index in [1.165, 1.54) is 24.7 Å². The number of aromatic nitrogens is 3. The fraction of sp³-hybridized carbons (Fsp3) is 0.545. The zero-order valence-corrected chi connectivity index (χ0v) is 20.0. The summed E-state index contributed by atoms with van der Waals surface area (Å²) in [6, 6.07) is 1.06. The summed E-state index contributed by atoms with van der Waals surface area (Å²) in [5.41, 5.74) is -0.238. The Morgan fingerprint density at radius 2 is 1.85 bits per heavy atom. The van der Waals surface area contributed by atoms with E-state index in [2.05, 4.69) is 10.3 Å². The number of carbonyl (C=O) groups is 2. The molecular weight excluding hydrogens is 475 g/mol. The van der Waals surface area contributed by atoms with Gasteiger partial charge >= 0.3 is 11.9 Å². The van der Waals surface area contributed by atoms with E-state index in [-0.39, 0.29) is 29.2 Å². The molecule has 3 rings (SSSR count). The molecule has 1 aliphatic rings. The Morgan fingerprint density at radius 3 is 2.44 bits per heavy atom. The van der Waals surface area contributed by atoms with Gasteiger partial charge in [0, 0.05) is 25.3 Å². The third-order valence-corrected chi connectivity index (χ3v) is 6.83. The Morgan fingerprint density at radius 1 is 1.18 bits per heavy atom. The van der Waals surface area contributed by atoms with Crippen molar-refractivity contribution in [3.05, 3.63) is 35.8 Å². The molecule has 0 N–H and O–H groups in total. The standard InChI is InChI=1S/C22H26F3N3O5S/c1-5-6-34-22-11(2)20(21(32-13(4)30)18(33-22)10-31-12(3)29)28-9-17(26-27-28)14-7-15(23)19(25)16(24)8-14/h7-9,11,18,20-22H,5-6,10H2,1-4H3/t11?,18?,20-,21+,22-/m1/s1. The molecule has 0 radical (unpaired) electrons. The van der Waals surface area contributed by atoms with Crippen molar-refractivity contribution in [1.82, 2.24) is 15.0 Å². The molecule has 2 heterocycles. The minimum absolute atomic E-state index is 0.000213. The van der Waals surface area contributed by atoms with Gasteiger partial charge in [0.2, 0.25) is 0 Å². The van der Waals surface area contributed by atoms with E-state index in [4.69, 9.17) is 14.2 Å². The Bertz CT molecular complexity index is 1010. The first-order chi connectivity index (χ1) is 16.1. The van der Waals surface area contributed by atoms with E-state index < -0.39 is 47.6 Å². The average molecular weight is 502 g/mol. The SMILES string of the molecule is CCCS[C@H]1OC(COC(C)=O)[C@H](OC(C)=O)[C@H](n2cc(-c3cc(F)c(F)c(F)c3)nn2)C1C. The van der Waals surface area contributed by atoms with Gasteiger partial charge in [-0.25, -0.2) is 17.9 Å². The number of hydrogen-bond donors (Lipinski definition) is 0. The van der Waals surface area contributed by atoms with Gasteiger partial charge in [-0.1, -0.05) is 19.1 Å². The summed E-state index contributed by atoms with van der Waals surface area (Å²) in [4.78, 5) is 23.3. The second-order valence-electron chi connectivity index (χ2n) is 7.98. The minimum atomic E-state index is -1.58. The van der Waals surface area contributed by atoms with Crippen molar-refractivity contribution in [1.29, 1.82) is 0 Å². The quantitative estimate of drug-likeness (QED) is 0.397. The number of hydrogen-bond acceptors (Lipinski definition) is 8. The molecule has 1 saturated heterocycles. The summed E-state index contributed by atoms with van der Waals surface area (Å²) < 4.78 is 59.2. The number of benzene rings is 1. The molecule has 2 unspecified atom stereocenters. The van der Waals surface area contributed by atoms with Crippen LogP contribution in [0.25, 0.3) is 11.3 Å². The van der Waals surface area contributed by atoms with Crippen LogP contribution >= 0.6 is 11.8 Å². The van der Waals surface area contributed by atoms with E-state index in [1.807, 2.05) is 13.8 Å². The molecule has 5 atom stereocenters. The summed E-state index contributed by atoms with van der Waals surface area (Å²) >= 11 is 1.57. The van der Waals surface area contributed by atoms with Crippen molar-refractivity contribution in [3.63, 3.8) is 0 Å². The lowest BCUT2D eigenvalue weighted by atomic mass is 9.90. The molecule has 0 amide bonds. The molecule has 0 saturated carbocycles. The first-order valence-corrected chi connectivity index (χ1v) is 11.8. The van der Waals surface area contributed by atoms with Gasteiger partial charge in [-0.2, -0.15) is 0 Å². The topological polar surface area (TPSA) is 92.5 Å². The second kappa shape index (κ2) is 11.2. The molecule has 1 aliphatic heterocycles. The number of carbonyl (C=O) groups excluding carboxylic acids is 2. The predicted molar refractivity (Wildman–Crippen MR) is 117 cm³/mol. The van der Waals surface area contributed by atoms with Crippen LogP contribution in [-0.4, -0.2) is 56.9 Å². The van der Waals surface area contributed by atoms with Crippen LogP contribution in [0.1, 0.15) is 40.2 Å². The normalized spacial score (nSPS) is 24.6. The summed E-state index contributed by atoms with van der Waals surface area (Å²) in [6.45, 7) is 6.29. The average Bonchev–Trinajstić information content (AvgIpc) is 3.25. The second-order valence-corrected chi connectivity index (χ2v) is 9.18. The van der Waals surface area contributed by atoms with Gasteiger partial charge in [0.25, 0.3) is 0 Å². The number of rotatable bonds is 8. The molecule has 2 aromatic rings. The zero-order chi connectivity index (χ0) is 25.0. The van der Waals surface area contributed by atoms with Crippen LogP contribution in [-0.2, 0) is 23.8 Å². The first-order valence-electron chi connectivity index (χ1n) is 10.8. The van der Waals surface area contributed by atoms with Gasteiger partial charge < -0.3 is 14.2 Å². The third-order valence-electron chi connectivity index (χ3n) is 5.31. The van der Waals surface area contributed by atoms with E-state index in [0.29, 0.717) is 0 Å². The molecule has 0 bridgehead atoms. The molecule has 1 aromatic heterocycles. The Labute approximate surface area is 199 Å². The van der Waals surface area contributed by atoms with Crippen molar-refractivity contribution < 1.29 is 37.0 Å². The van der Waals surface area contributed by atoms with E-state index >= 15 is 0 Å². The van der Waals surface area contributed by atoms with Crippen LogP contribution in [0.2, 0.25) is 0 Å². The lowest BCUT2D eigenvalue weighted by molar-refractivity contribution is -0.191. The van der Waals surface area contributed by atoms with Gasteiger partial charge in [0.05, 0.1) is 12.2 Å². The molecule has 34 heavy (non-hydrogen) atoms. The fourth-order valence-electron chi connectivity index (χ4n) is 3.80. The van der Waals surface area contributed by atoms with Crippen molar-refractivity contribution in [2.45, 2.75) is 57.8 Å². The first kappa shape index (κ1) is 26.0. The monoisotopic (exact) mass is 501 g/mol. The van der Waals surface area contributed by atoms with Crippen LogP contribution in [0, 0.1) is 23.4 Å². The number of ether oxygens (including phenoxy) is 3. The molecule has 1 aromatic carbocycles. The highest BCUT2D eigenvalue weighted by Gasteiger charge is 2.48. The summed E-state index contributed by atoms with van der Waals surface area (Å²) in [5.74, 6) is -4.79. The molecule has 1 fully saturated rings. The highest BCUT2D eigenvalue weighted by molar-refractivity contribution is 7.99. The lowest BCUT2D eigenvalue weighted by Gasteiger charge is -2.44. The van der Waals surface area contributed by atoms with Gasteiger partial charge in [-0.05, 0) is 24.3 Å². The van der Waals surface area contributed by atoms with Crippen molar-refractivity contribution in [2.24, 2.45) is 5.92 Å². The summed E-state index contributed by atoms with van der Waals surface area (Å²) in [5, 5.41) is 8.11. The Hall–Kier alpha value is -2.60. The van der Waals surface area contributed by atoms with Gasteiger partial charge in [-0.3, -0.25) is 9.59 Å². The Kier molecular flexibility index (Phi) is 8.58. The van der Waals surface area contributed by atoms with Gasteiger partial charge in [0.1, 0.15) is 23.8 Å². The van der Waals surface area contributed by atoms with Crippen molar-refractivity contribution in [3.8, 4) is 11.3 Å². The van der Waals surface area contributed by atoms with Crippen LogP contribution in [0.3, 0.4) is 0 Å². The third kappa shape index (κ3) is 5.90. The van der Waals surface area contributed by atoms with Crippen LogP contribution in [0.4, 0.5) is 13.2 Å². The maximum Gasteiger partial charge on any atom is 0.303 e. The lowest BCUT2D eigenvalue weighted by Crippen LogP contribution is -2.53. The molecule has 186 valence electrons. The van der Waals surface area contributed by atoms with E-state index in [9.17, 15) is 22.8 Å². The van der Waals surface area contributed by atoms with Crippen LogP contribution < -0.4 is 0 Å². The van der Waals surface area contributed by atoms with E-state index in [1.54, 1.807) is 11.8 Å². The largest absolute Gasteiger partial charge is 0.463 e. The number of thioether (sulfide) groups is 1. The number of halogens is 3. The molecule has 0 aliphatic carbocycles. The fourth-order valence-corrected chi connectivity index (χ4v) is 4.95. The molecule has 8 nitrogen and oxygen atoms in total. The number of esters is 2. The van der Waals surface area contributed by atoms with Crippen LogP contribution in [0.15, 0.2) is 18.3 Å². The summed E-state index contributed by atoms with van der Waals surface area (Å²) in [6.07, 6.45) is 0.678. The number of nitrogens with zero attached hydrogens (tertiary/aromatic N) is 3. The highest BCUT2D eigenvalue weighted by atomic mass is 32.2. The summed E-state index contributed by atoms with van der Waals surface area (Å²) in [7, 11) is 0. The molecular formula is C22H26F3N3O5S. The zero-order valence-electron chi connectivity index (χ0n) is 19.2. The van der Waals surface area contributed by atoms with Gasteiger partial charge in [-0.15, -0.1) is 16.9 Å². The predicted octanol–water partition coefficient (Wildman–Crippen LogP) is 3.90. The smallest absolute Gasteiger partial charge is 0.303 e. The highest BCUT2D eigenvalue weighted by Crippen LogP contribution is 2.41.